The molecule has 7 heteroatoms. The highest BCUT2D eigenvalue weighted by atomic mass is 35.5. The van der Waals surface area contributed by atoms with E-state index in [1.807, 2.05) is 24.3 Å². The largest absolute Gasteiger partial charge is 0.357 e. The number of nitrogens with one attached hydrogen (secondary N) is 3. The third-order valence-electron chi connectivity index (χ3n) is 2.55. The minimum atomic E-state index is 0.535. The van der Waals surface area contributed by atoms with Gasteiger partial charge in [0, 0.05) is 17.8 Å². The van der Waals surface area contributed by atoms with Gasteiger partial charge in [-0.3, -0.25) is 0 Å². The standard InChI is InChI=1S/C12H11ClN6/c1-14-11-15-6-9-10(18-11)19-12(17-9)16-8-4-2-3-7(13)5-8/h2-6H,1H3,(H3,14,15,16,17,18,19). The number of hydrogen-bond donors (Lipinski definition) is 3. The monoisotopic (exact) mass is 274 g/mol. The molecule has 3 aromatic rings. The number of aromatic amines is 1. The molecule has 0 radical (unpaired) electrons. The van der Waals surface area contributed by atoms with Crippen molar-refractivity contribution in [3.8, 4) is 0 Å². The SMILES string of the molecule is CNc1ncc2[nH]c(Nc3cccc(Cl)c3)nc2n1. The van der Waals surface area contributed by atoms with Crippen LogP contribution in [0, 0.1) is 0 Å². The van der Waals surface area contributed by atoms with Crippen LogP contribution in [0.2, 0.25) is 5.02 Å². The van der Waals surface area contributed by atoms with Crippen molar-refractivity contribution in [2.75, 3.05) is 17.7 Å². The molecule has 1 aromatic carbocycles. The summed E-state index contributed by atoms with van der Waals surface area (Å²) in [4.78, 5) is 15.8. The summed E-state index contributed by atoms with van der Waals surface area (Å²) in [5.41, 5.74) is 2.22. The Hall–Kier alpha value is -2.34. The Morgan fingerprint density at radius 2 is 2.16 bits per heavy atom. The Balaban J connectivity index is 1.93. The van der Waals surface area contributed by atoms with Crippen LogP contribution < -0.4 is 10.6 Å². The van der Waals surface area contributed by atoms with Gasteiger partial charge in [-0.2, -0.15) is 9.97 Å². The van der Waals surface area contributed by atoms with Gasteiger partial charge in [0.2, 0.25) is 11.9 Å². The highest BCUT2D eigenvalue weighted by Crippen LogP contribution is 2.20. The van der Waals surface area contributed by atoms with E-state index in [0.717, 1.165) is 11.2 Å². The molecule has 0 fully saturated rings. The molecule has 19 heavy (non-hydrogen) atoms. The lowest BCUT2D eigenvalue weighted by molar-refractivity contribution is 1.18. The number of H-pyrrole nitrogens is 1. The lowest BCUT2D eigenvalue weighted by Crippen LogP contribution is -1.95. The normalized spacial score (nSPS) is 10.6. The maximum absolute atomic E-state index is 5.93. The lowest BCUT2D eigenvalue weighted by atomic mass is 10.3. The summed E-state index contributed by atoms with van der Waals surface area (Å²) in [6.07, 6.45) is 1.68. The topological polar surface area (TPSA) is 78.5 Å². The predicted molar refractivity (Wildman–Crippen MR) is 76.0 cm³/mol. The van der Waals surface area contributed by atoms with Gasteiger partial charge >= 0.3 is 0 Å². The van der Waals surface area contributed by atoms with Crippen molar-refractivity contribution in [2.45, 2.75) is 0 Å². The van der Waals surface area contributed by atoms with Gasteiger partial charge in [0.05, 0.1) is 6.20 Å². The van der Waals surface area contributed by atoms with Gasteiger partial charge in [0.15, 0.2) is 5.65 Å². The smallest absolute Gasteiger partial charge is 0.224 e. The Bertz CT molecular complexity index is 723. The Morgan fingerprint density at radius 1 is 1.26 bits per heavy atom. The molecule has 0 aliphatic rings. The fourth-order valence-electron chi connectivity index (χ4n) is 1.69. The molecule has 0 spiro atoms. The highest BCUT2D eigenvalue weighted by Gasteiger charge is 2.06. The highest BCUT2D eigenvalue weighted by molar-refractivity contribution is 6.30. The molecule has 0 amide bonds. The van der Waals surface area contributed by atoms with Gasteiger partial charge in [-0.25, -0.2) is 4.98 Å². The summed E-state index contributed by atoms with van der Waals surface area (Å²) < 4.78 is 0. The van der Waals surface area contributed by atoms with Crippen molar-refractivity contribution >= 4 is 40.3 Å². The molecule has 3 N–H and O–H groups in total. The number of hydrogen-bond acceptors (Lipinski definition) is 5. The fourth-order valence-corrected chi connectivity index (χ4v) is 1.88. The minimum absolute atomic E-state index is 0.535. The van der Waals surface area contributed by atoms with Crippen molar-refractivity contribution in [3.05, 3.63) is 35.5 Å². The van der Waals surface area contributed by atoms with Crippen molar-refractivity contribution in [3.63, 3.8) is 0 Å². The van der Waals surface area contributed by atoms with Crippen LogP contribution in [-0.4, -0.2) is 27.0 Å². The van der Waals surface area contributed by atoms with E-state index in [2.05, 4.69) is 30.6 Å². The number of fused-ring (bicyclic) bond motifs is 1. The zero-order valence-corrected chi connectivity index (χ0v) is 10.9. The number of halogens is 1. The summed E-state index contributed by atoms with van der Waals surface area (Å²) in [6.45, 7) is 0. The van der Waals surface area contributed by atoms with Gasteiger partial charge < -0.3 is 15.6 Å². The summed E-state index contributed by atoms with van der Waals surface area (Å²) in [6, 6.07) is 7.41. The molecule has 0 saturated carbocycles. The number of benzene rings is 1. The molecule has 6 nitrogen and oxygen atoms in total. The molecule has 0 unspecified atom stereocenters. The second-order valence-corrected chi connectivity index (χ2v) is 4.34. The van der Waals surface area contributed by atoms with Crippen molar-refractivity contribution in [2.24, 2.45) is 0 Å². The van der Waals surface area contributed by atoms with E-state index in [0.29, 0.717) is 22.6 Å². The number of rotatable bonds is 3. The van der Waals surface area contributed by atoms with Crippen LogP contribution >= 0.6 is 11.6 Å². The second-order valence-electron chi connectivity index (χ2n) is 3.90. The fraction of sp³-hybridized carbons (Fsp3) is 0.0833. The lowest BCUT2D eigenvalue weighted by Gasteiger charge is -2.01. The van der Waals surface area contributed by atoms with E-state index in [9.17, 15) is 0 Å². The summed E-state index contributed by atoms with van der Waals surface area (Å²) in [7, 11) is 1.76. The summed E-state index contributed by atoms with van der Waals surface area (Å²) in [5.74, 6) is 1.13. The summed E-state index contributed by atoms with van der Waals surface area (Å²) in [5, 5.41) is 6.67. The Kier molecular flexibility index (Phi) is 2.92. The van der Waals surface area contributed by atoms with Crippen LogP contribution in [0.3, 0.4) is 0 Å². The van der Waals surface area contributed by atoms with Crippen LogP contribution in [0.5, 0.6) is 0 Å². The number of aromatic nitrogens is 4. The van der Waals surface area contributed by atoms with Crippen molar-refractivity contribution in [1.82, 2.24) is 19.9 Å². The molecule has 96 valence electrons. The van der Waals surface area contributed by atoms with Crippen LogP contribution in [0.1, 0.15) is 0 Å². The van der Waals surface area contributed by atoms with Crippen molar-refractivity contribution in [1.29, 1.82) is 0 Å². The summed E-state index contributed by atoms with van der Waals surface area (Å²) >= 11 is 5.93. The molecule has 2 aromatic heterocycles. The van der Waals surface area contributed by atoms with Crippen LogP contribution in [-0.2, 0) is 0 Å². The van der Waals surface area contributed by atoms with Crippen molar-refractivity contribution < 1.29 is 0 Å². The maximum atomic E-state index is 5.93. The predicted octanol–water partition coefficient (Wildman–Crippen LogP) is 2.79. The Labute approximate surface area is 114 Å². The molecule has 2 heterocycles. The number of imidazole rings is 1. The first kappa shape index (κ1) is 11.7. The maximum Gasteiger partial charge on any atom is 0.224 e. The number of nitrogens with zero attached hydrogens (tertiary/aromatic N) is 3. The third-order valence-corrected chi connectivity index (χ3v) is 2.79. The zero-order valence-electron chi connectivity index (χ0n) is 10.1. The van der Waals surface area contributed by atoms with E-state index < -0.39 is 0 Å². The quantitative estimate of drug-likeness (QED) is 0.684. The average molecular weight is 275 g/mol. The van der Waals surface area contributed by atoms with Gasteiger partial charge in [0.25, 0.3) is 0 Å². The van der Waals surface area contributed by atoms with Crippen LogP contribution in [0.15, 0.2) is 30.5 Å². The molecular weight excluding hydrogens is 264 g/mol. The number of anilines is 3. The molecule has 0 bridgehead atoms. The molecule has 3 rings (SSSR count). The molecule has 0 atom stereocenters. The van der Waals surface area contributed by atoms with Gasteiger partial charge in [0.1, 0.15) is 5.52 Å². The van der Waals surface area contributed by atoms with Crippen LogP contribution in [0.25, 0.3) is 11.2 Å². The molecule has 0 saturated heterocycles. The van der Waals surface area contributed by atoms with E-state index >= 15 is 0 Å². The molecule has 0 aliphatic heterocycles. The molecular formula is C12H11ClN6. The Morgan fingerprint density at radius 3 is 2.95 bits per heavy atom. The van der Waals surface area contributed by atoms with Gasteiger partial charge in [-0.05, 0) is 18.2 Å². The van der Waals surface area contributed by atoms with E-state index in [4.69, 9.17) is 11.6 Å². The van der Waals surface area contributed by atoms with E-state index in [-0.39, 0.29) is 0 Å². The van der Waals surface area contributed by atoms with Crippen LogP contribution in [0.4, 0.5) is 17.6 Å². The first-order valence-corrected chi connectivity index (χ1v) is 6.05. The molecule has 0 aliphatic carbocycles. The zero-order chi connectivity index (χ0) is 13.2. The van der Waals surface area contributed by atoms with E-state index in [1.54, 1.807) is 13.2 Å². The first-order valence-electron chi connectivity index (χ1n) is 5.68. The second kappa shape index (κ2) is 4.74. The minimum Gasteiger partial charge on any atom is -0.357 e. The first-order chi connectivity index (χ1) is 9.24. The van der Waals surface area contributed by atoms with E-state index in [1.165, 1.54) is 0 Å². The third kappa shape index (κ3) is 2.43. The van der Waals surface area contributed by atoms with Gasteiger partial charge in [-0.1, -0.05) is 17.7 Å². The van der Waals surface area contributed by atoms with Gasteiger partial charge in [-0.15, -0.1) is 0 Å². The average Bonchev–Trinajstić information content (AvgIpc) is 2.79.